The van der Waals surface area contributed by atoms with E-state index in [1.54, 1.807) is 17.0 Å². The molecule has 1 aliphatic heterocycles. The van der Waals surface area contributed by atoms with Crippen molar-refractivity contribution in [3.63, 3.8) is 0 Å². The summed E-state index contributed by atoms with van der Waals surface area (Å²) in [6.07, 6.45) is -0.784. The van der Waals surface area contributed by atoms with Crippen LogP contribution in [0.3, 0.4) is 0 Å². The van der Waals surface area contributed by atoms with E-state index in [0.29, 0.717) is 37.6 Å². The number of hydrogen-bond acceptors (Lipinski definition) is 5. The highest BCUT2D eigenvalue weighted by Crippen LogP contribution is 2.28. The lowest BCUT2D eigenvalue weighted by atomic mass is 10.1. The average molecular weight is 379 g/mol. The highest BCUT2D eigenvalue weighted by molar-refractivity contribution is 5.84. The minimum Gasteiger partial charge on any atom is -0.476 e. The fourth-order valence-corrected chi connectivity index (χ4v) is 3.35. The smallest absolute Gasteiger partial charge is 0.336 e. The SMILES string of the molecule is Cc1cc(=O)oc2cc(O[C@H](C(=O)N3CCOCC3)c3ccccc3)ccc12. The molecule has 0 radical (unpaired) electrons. The number of benzene rings is 2. The van der Waals surface area contributed by atoms with Crippen molar-refractivity contribution in [2.45, 2.75) is 13.0 Å². The standard InChI is InChI=1S/C22H21NO5/c1-15-13-20(24)28-19-14-17(7-8-18(15)19)27-21(16-5-3-2-4-6-16)22(25)23-9-11-26-12-10-23/h2-8,13-14,21H,9-12H2,1H3/t21-/m0/s1. The Balaban J connectivity index is 1.68. The average Bonchev–Trinajstić information content (AvgIpc) is 2.72. The van der Waals surface area contributed by atoms with Crippen LogP contribution in [-0.4, -0.2) is 37.1 Å². The molecule has 1 fully saturated rings. The number of carbonyl (C=O) groups is 1. The van der Waals surface area contributed by atoms with Gasteiger partial charge >= 0.3 is 5.63 Å². The van der Waals surface area contributed by atoms with Crippen LogP contribution in [0.5, 0.6) is 5.75 Å². The Morgan fingerprint density at radius 2 is 1.82 bits per heavy atom. The number of nitrogens with zero attached hydrogens (tertiary/aromatic N) is 1. The van der Waals surface area contributed by atoms with Gasteiger partial charge in [0, 0.05) is 36.2 Å². The minimum absolute atomic E-state index is 0.111. The van der Waals surface area contributed by atoms with E-state index in [9.17, 15) is 9.59 Å². The molecule has 0 unspecified atom stereocenters. The number of rotatable bonds is 4. The van der Waals surface area contributed by atoms with Crippen molar-refractivity contribution in [2.24, 2.45) is 0 Å². The molecule has 4 rings (SSSR count). The molecule has 144 valence electrons. The molecule has 1 atom stereocenters. The van der Waals surface area contributed by atoms with Crippen LogP contribution in [0.4, 0.5) is 0 Å². The van der Waals surface area contributed by atoms with Gasteiger partial charge < -0.3 is 18.8 Å². The largest absolute Gasteiger partial charge is 0.476 e. The molecule has 6 heteroatoms. The number of aryl methyl sites for hydroxylation is 1. The third-order valence-electron chi connectivity index (χ3n) is 4.83. The highest BCUT2D eigenvalue weighted by Gasteiger charge is 2.29. The molecule has 28 heavy (non-hydrogen) atoms. The summed E-state index contributed by atoms with van der Waals surface area (Å²) in [5.41, 5.74) is 1.63. The maximum Gasteiger partial charge on any atom is 0.336 e. The lowest BCUT2D eigenvalue weighted by Crippen LogP contribution is -2.44. The van der Waals surface area contributed by atoms with Crippen LogP contribution in [0.1, 0.15) is 17.2 Å². The maximum absolute atomic E-state index is 13.1. The van der Waals surface area contributed by atoms with E-state index >= 15 is 0 Å². The Morgan fingerprint density at radius 3 is 2.57 bits per heavy atom. The number of hydrogen-bond donors (Lipinski definition) is 0. The zero-order valence-electron chi connectivity index (χ0n) is 15.6. The van der Waals surface area contributed by atoms with E-state index in [0.717, 1.165) is 16.5 Å². The molecular formula is C22H21NO5. The summed E-state index contributed by atoms with van der Waals surface area (Å²) in [6, 6.07) is 16.1. The first-order valence-corrected chi connectivity index (χ1v) is 9.24. The molecule has 1 saturated heterocycles. The molecule has 6 nitrogen and oxygen atoms in total. The summed E-state index contributed by atoms with van der Waals surface area (Å²) in [6.45, 7) is 3.98. The van der Waals surface area contributed by atoms with Gasteiger partial charge in [-0.2, -0.15) is 0 Å². The molecule has 0 bridgehead atoms. The van der Waals surface area contributed by atoms with Crippen LogP contribution in [-0.2, 0) is 9.53 Å². The van der Waals surface area contributed by atoms with Crippen LogP contribution in [0, 0.1) is 6.92 Å². The number of amides is 1. The second-order valence-electron chi connectivity index (χ2n) is 6.75. The molecule has 1 aromatic heterocycles. The molecular weight excluding hydrogens is 358 g/mol. The van der Waals surface area contributed by atoms with Crippen molar-refractivity contribution < 1.29 is 18.7 Å². The predicted octanol–water partition coefficient (Wildman–Crippen LogP) is 3.08. The van der Waals surface area contributed by atoms with Crippen LogP contribution >= 0.6 is 0 Å². The van der Waals surface area contributed by atoms with Crippen molar-refractivity contribution >= 4 is 16.9 Å². The van der Waals surface area contributed by atoms with Gasteiger partial charge in [0.15, 0.2) is 0 Å². The van der Waals surface area contributed by atoms with Crippen LogP contribution < -0.4 is 10.4 Å². The molecule has 1 amide bonds. The molecule has 1 aliphatic rings. The molecule has 0 spiro atoms. The Bertz CT molecular complexity index is 1040. The van der Waals surface area contributed by atoms with Gasteiger partial charge in [-0.05, 0) is 24.6 Å². The van der Waals surface area contributed by atoms with Crippen LogP contribution in [0.2, 0.25) is 0 Å². The first kappa shape index (κ1) is 18.3. The summed E-state index contributed by atoms with van der Waals surface area (Å²) >= 11 is 0. The quantitative estimate of drug-likeness (QED) is 0.652. The minimum atomic E-state index is -0.784. The van der Waals surface area contributed by atoms with E-state index < -0.39 is 11.7 Å². The molecule has 2 aromatic carbocycles. The van der Waals surface area contributed by atoms with Crippen molar-refractivity contribution in [3.8, 4) is 5.75 Å². The Hall–Kier alpha value is -3.12. The molecule has 0 aliphatic carbocycles. The van der Waals surface area contributed by atoms with E-state index in [1.165, 1.54) is 6.07 Å². The lowest BCUT2D eigenvalue weighted by molar-refractivity contribution is -0.143. The summed E-state index contributed by atoms with van der Waals surface area (Å²) in [5, 5.41) is 0.836. The normalized spacial score (nSPS) is 15.4. The van der Waals surface area contributed by atoms with Crippen molar-refractivity contribution in [3.05, 3.63) is 76.1 Å². The summed E-state index contributed by atoms with van der Waals surface area (Å²) in [5.74, 6) is 0.358. The molecule has 0 N–H and O–H groups in total. The predicted molar refractivity (Wildman–Crippen MR) is 104 cm³/mol. The maximum atomic E-state index is 13.1. The Morgan fingerprint density at radius 1 is 1.07 bits per heavy atom. The summed E-state index contributed by atoms with van der Waals surface area (Å²) < 4.78 is 16.8. The van der Waals surface area contributed by atoms with Gasteiger partial charge in [0.1, 0.15) is 11.3 Å². The highest BCUT2D eigenvalue weighted by atomic mass is 16.5. The number of morpholine rings is 1. The van der Waals surface area contributed by atoms with Crippen molar-refractivity contribution in [1.29, 1.82) is 0 Å². The lowest BCUT2D eigenvalue weighted by Gasteiger charge is -2.30. The molecule has 0 saturated carbocycles. The van der Waals surface area contributed by atoms with E-state index in [4.69, 9.17) is 13.9 Å². The van der Waals surface area contributed by atoms with E-state index in [1.807, 2.05) is 43.3 Å². The van der Waals surface area contributed by atoms with Gasteiger partial charge in [0.2, 0.25) is 6.10 Å². The Kier molecular flexibility index (Phi) is 5.12. The fourth-order valence-electron chi connectivity index (χ4n) is 3.35. The first-order valence-electron chi connectivity index (χ1n) is 9.24. The van der Waals surface area contributed by atoms with E-state index in [2.05, 4.69) is 0 Å². The van der Waals surface area contributed by atoms with Gasteiger partial charge in [-0.25, -0.2) is 4.79 Å². The first-order chi connectivity index (χ1) is 13.6. The number of fused-ring (bicyclic) bond motifs is 1. The fraction of sp³-hybridized carbons (Fsp3) is 0.273. The van der Waals surface area contributed by atoms with Gasteiger partial charge in [-0.1, -0.05) is 30.3 Å². The van der Waals surface area contributed by atoms with Crippen molar-refractivity contribution in [2.75, 3.05) is 26.3 Å². The number of ether oxygens (including phenoxy) is 2. The zero-order chi connectivity index (χ0) is 19.5. The summed E-state index contributed by atoms with van der Waals surface area (Å²) in [7, 11) is 0. The summed E-state index contributed by atoms with van der Waals surface area (Å²) in [4.78, 5) is 26.6. The van der Waals surface area contributed by atoms with Crippen LogP contribution in [0.15, 0.2) is 63.8 Å². The van der Waals surface area contributed by atoms with Crippen molar-refractivity contribution in [1.82, 2.24) is 4.90 Å². The van der Waals surface area contributed by atoms with Crippen LogP contribution in [0.25, 0.3) is 11.0 Å². The van der Waals surface area contributed by atoms with Gasteiger partial charge in [0.25, 0.3) is 5.91 Å². The third kappa shape index (κ3) is 3.77. The monoisotopic (exact) mass is 379 g/mol. The zero-order valence-corrected chi connectivity index (χ0v) is 15.6. The second-order valence-corrected chi connectivity index (χ2v) is 6.75. The van der Waals surface area contributed by atoms with E-state index in [-0.39, 0.29) is 5.91 Å². The van der Waals surface area contributed by atoms with Gasteiger partial charge in [-0.3, -0.25) is 4.79 Å². The second kappa shape index (κ2) is 7.86. The van der Waals surface area contributed by atoms with Gasteiger partial charge in [0.05, 0.1) is 13.2 Å². The topological polar surface area (TPSA) is 69.0 Å². The molecule has 3 aromatic rings. The van der Waals surface area contributed by atoms with Gasteiger partial charge in [-0.15, -0.1) is 0 Å². The molecule has 2 heterocycles. The number of carbonyl (C=O) groups excluding carboxylic acids is 1. The third-order valence-corrected chi connectivity index (χ3v) is 4.83. The Labute approximate surface area is 162 Å².